The van der Waals surface area contributed by atoms with Crippen molar-refractivity contribution in [2.45, 2.75) is 32.9 Å². The van der Waals surface area contributed by atoms with Crippen LogP contribution < -0.4 is 9.64 Å². The molecule has 4 N–H and O–H groups in total. The second-order valence-electron chi connectivity index (χ2n) is 9.51. The second-order valence-corrected chi connectivity index (χ2v) is 9.51. The number of H-pyrrole nitrogens is 1. The molecule has 1 amide bonds. The Kier molecular flexibility index (Phi) is 6.31. The van der Waals surface area contributed by atoms with Gasteiger partial charge in [-0.05, 0) is 80.4 Å². The smallest absolute Gasteiger partial charge is 0.335 e. The summed E-state index contributed by atoms with van der Waals surface area (Å²) in [6.07, 6.45) is -0.0571. The Morgan fingerprint density at radius 2 is 1.69 bits per heavy atom. The number of carboxylic acids is 1. The van der Waals surface area contributed by atoms with Crippen LogP contribution in [0.3, 0.4) is 0 Å². The number of aromatic nitrogens is 2. The van der Waals surface area contributed by atoms with Crippen LogP contribution in [-0.4, -0.2) is 49.1 Å². The van der Waals surface area contributed by atoms with Gasteiger partial charge in [-0.25, -0.2) is 9.78 Å². The molecule has 1 fully saturated rings. The number of carbonyl (C=O) groups is 3. The maximum absolute atomic E-state index is 13.4. The highest BCUT2D eigenvalue weighted by atomic mass is 16.5. The minimum absolute atomic E-state index is 0.00336. The number of anilines is 1. The summed E-state index contributed by atoms with van der Waals surface area (Å²) in [4.78, 5) is 46.7. The van der Waals surface area contributed by atoms with Gasteiger partial charge < -0.3 is 25.0 Å². The predicted molar refractivity (Wildman–Crippen MR) is 143 cm³/mol. The summed E-state index contributed by atoms with van der Waals surface area (Å²) in [5, 5.41) is 30.6. The molecular weight excluding hydrogens is 502 g/mol. The number of ether oxygens (including phenoxy) is 1. The number of imidazole rings is 1. The van der Waals surface area contributed by atoms with E-state index in [-0.39, 0.29) is 34.7 Å². The number of aryl methyl sites for hydroxylation is 1. The number of aliphatic hydroxyl groups is 1. The van der Waals surface area contributed by atoms with Gasteiger partial charge in [0.25, 0.3) is 5.78 Å². The number of benzene rings is 3. The van der Waals surface area contributed by atoms with Crippen LogP contribution >= 0.6 is 0 Å². The lowest BCUT2D eigenvalue weighted by molar-refractivity contribution is -0.132. The van der Waals surface area contributed by atoms with Crippen LogP contribution in [0, 0.1) is 6.92 Å². The number of fused-ring (bicyclic) bond motifs is 1. The van der Waals surface area contributed by atoms with Gasteiger partial charge in [0.2, 0.25) is 5.95 Å². The molecule has 5 rings (SSSR count). The third-order valence-electron chi connectivity index (χ3n) is 6.41. The Bertz CT molecular complexity index is 1670. The maximum Gasteiger partial charge on any atom is 0.335 e. The number of Topliss-reactive ketones (excluding diaryl/α,β-unsaturated/α-hetero) is 1. The average molecular weight is 528 g/mol. The van der Waals surface area contributed by atoms with E-state index in [9.17, 15) is 29.7 Å². The molecule has 0 bridgehead atoms. The molecule has 198 valence electrons. The average Bonchev–Trinajstić information content (AvgIpc) is 3.42. The zero-order chi connectivity index (χ0) is 28.0. The van der Waals surface area contributed by atoms with Crippen molar-refractivity contribution in [1.82, 2.24) is 9.97 Å². The molecule has 1 aromatic heterocycles. The zero-order valence-corrected chi connectivity index (χ0v) is 21.3. The second kappa shape index (κ2) is 9.64. The monoisotopic (exact) mass is 527 g/mol. The molecule has 0 aliphatic carbocycles. The summed E-state index contributed by atoms with van der Waals surface area (Å²) in [6, 6.07) is 14.1. The van der Waals surface area contributed by atoms with Gasteiger partial charge in [-0.3, -0.25) is 14.5 Å². The minimum atomic E-state index is -1.13. The maximum atomic E-state index is 13.4. The molecule has 1 atom stereocenters. The summed E-state index contributed by atoms with van der Waals surface area (Å²) >= 11 is 0. The van der Waals surface area contributed by atoms with Crippen LogP contribution in [-0.2, 0) is 9.59 Å². The first-order valence-electron chi connectivity index (χ1n) is 12.2. The van der Waals surface area contributed by atoms with E-state index in [2.05, 4.69) is 9.97 Å². The van der Waals surface area contributed by atoms with E-state index in [1.165, 1.54) is 30.3 Å². The van der Waals surface area contributed by atoms with Crippen molar-refractivity contribution in [3.8, 4) is 11.5 Å². The largest absolute Gasteiger partial charge is 0.508 e. The number of hydrogen-bond acceptors (Lipinski definition) is 7. The van der Waals surface area contributed by atoms with Crippen LogP contribution in [0.4, 0.5) is 5.95 Å². The van der Waals surface area contributed by atoms with Gasteiger partial charge in [0.15, 0.2) is 0 Å². The molecular formula is C29H25N3O7. The first-order chi connectivity index (χ1) is 18.5. The number of carboxylic acid groups (broad SMARTS) is 1. The van der Waals surface area contributed by atoms with E-state index in [0.717, 1.165) is 10.5 Å². The van der Waals surface area contributed by atoms with Gasteiger partial charge in [0, 0.05) is 5.56 Å². The van der Waals surface area contributed by atoms with Crippen LogP contribution in [0.2, 0.25) is 0 Å². The van der Waals surface area contributed by atoms with E-state index >= 15 is 0 Å². The summed E-state index contributed by atoms with van der Waals surface area (Å²) in [5.41, 5.74) is 2.10. The van der Waals surface area contributed by atoms with Crippen LogP contribution in [0.15, 0.2) is 66.2 Å². The van der Waals surface area contributed by atoms with Crippen LogP contribution in [0.5, 0.6) is 11.5 Å². The fourth-order valence-electron chi connectivity index (χ4n) is 4.60. The number of nitrogens with zero attached hydrogens (tertiary/aromatic N) is 2. The fraction of sp³-hybridized carbons (Fsp3) is 0.172. The van der Waals surface area contributed by atoms with Crippen molar-refractivity contribution in [2.24, 2.45) is 0 Å². The van der Waals surface area contributed by atoms with Crippen LogP contribution in [0.1, 0.15) is 46.9 Å². The number of nitrogens with one attached hydrogen (secondary N) is 1. The molecule has 0 saturated carbocycles. The number of phenols is 1. The molecule has 1 aliphatic rings. The Balaban J connectivity index is 1.67. The Labute approximate surface area is 222 Å². The molecule has 1 unspecified atom stereocenters. The molecule has 39 heavy (non-hydrogen) atoms. The highest BCUT2D eigenvalue weighted by molar-refractivity contribution is 6.51. The number of aromatic amines is 1. The number of phenolic OH excluding ortho intramolecular Hbond substituents is 1. The van der Waals surface area contributed by atoms with Crippen molar-refractivity contribution in [3.05, 3.63) is 88.5 Å². The van der Waals surface area contributed by atoms with Gasteiger partial charge in [0.05, 0.1) is 34.3 Å². The number of carbonyl (C=O) groups excluding carboxylic acids is 2. The van der Waals surface area contributed by atoms with Crippen molar-refractivity contribution < 1.29 is 34.4 Å². The van der Waals surface area contributed by atoms with Gasteiger partial charge in [-0.1, -0.05) is 12.1 Å². The Morgan fingerprint density at radius 3 is 2.33 bits per heavy atom. The minimum Gasteiger partial charge on any atom is -0.508 e. The topological polar surface area (TPSA) is 153 Å². The first kappa shape index (κ1) is 25.5. The molecule has 0 spiro atoms. The lowest BCUT2D eigenvalue weighted by Gasteiger charge is -2.23. The molecule has 1 saturated heterocycles. The fourth-order valence-corrected chi connectivity index (χ4v) is 4.60. The summed E-state index contributed by atoms with van der Waals surface area (Å²) in [7, 11) is 0. The van der Waals surface area contributed by atoms with Gasteiger partial charge in [-0.2, -0.15) is 0 Å². The van der Waals surface area contributed by atoms with E-state index in [4.69, 9.17) is 4.74 Å². The number of aromatic carboxylic acids is 1. The first-order valence-corrected chi connectivity index (χ1v) is 12.2. The molecule has 0 radical (unpaired) electrons. The summed E-state index contributed by atoms with van der Waals surface area (Å²) in [6.45, 7) is 5.60. The molecule has 10 heteroatoms. The SMILES string of the molecule is Cc1cc(/C(O)=C2\C(=O)C(=O)N(c3nc4ccc(C(=O)O)cc4[nH]3)C2c2ccc(O)cc2)ccc1OC(C)C. The van der Waals surface area contributed by atoms with E-state index in [0.29, 0.717) is 27.9 Å². The van der Waals surface area contributed by atoms with Gasteiger partial charge in [0.1, 0.15) is 17.3 Å². The predicted octanol–water partition coefficient (Wildman–Crippen LogP) is 4.69. The number of ketones is 1. The van der Waals surface area contributed by atoms with E-state index in [1.807, 2.05) is 20.8 Å². The highest BCUT2D eigenvalue weighted by Crippen LogP contribution is 2.42. The van der Waals surface area contributed by atoms with Gasteiger partial charge >= 0.3 is 11.9 Å². The molecule has 1 aliphatic heterocycles. The third-order valence-corrected chi connectivity index (χ3v) is 6.41. The van der Waals surface area contributed by atoms with Crippen molar-refractivity contribution in [2.75, 3.05) is 4.90 Å². The lowest BCUT2D eigenvalue weighted by atomic mass is 9.95. The van der Waals surface area contributed by atoms with Crippen molar-refractivity contribution in [3.63, 3.8) is 0 Å². The third kappa shape index (κ3) is 4.56. The summed E-state index contributed by atoms with van der Waals surface area (Å²) in [5.74, 6) is -2.74. The highest BCUT2D eigenvalue weighted by Gasteiger charge is 2.48. The van der Waals surface area contributed by atoms with E-state index < -0.39 is 23.7 Å². The molecule has 4 aromatic rings. The van der Waals surface area contributed by atoms with Gasteiger partial charge in [-0.15, -0.1) is 0 Å². The van der Waals surface area contributed by atoms with Crippen LogP contribution in [0.25, 0.3) is 16.8 Å². The molecule has 2 heterocycles. The standard InChI is InChI=1S/C29H25N3O7/c1-14(2)39-22-11-7-17(12-15(22)3)25(34)23-24(16-4-8-19(33)9-5-16)32(27(36)26(23)35)29-30-20-10-6-18(28(37)38)13-21(20)31-29/h4-14,24,33-34H,1-3H3,(H,30,31)(H,37,38)/b25-23+. The molecule has 3 aromatic carbocycles. The number of hydrogen-bond donors (Lipinski definition) is 4. The zero-order valence-electron chi connectivity index (χ0n) is 21.3. The van der Waals surface area contributed by atoms with E-state index in [1.54, 1.807) is 30.3 Å². The van der Waals surface area contributed by atoms with Crippen molar-refractivity contribution in [1.29, 1.82) is 0 Å². The van der Waals surface area contributed by atoms with Crippen molar-refractivity contribution >= 4 is 40.4 Å². The summed E-state index contributed by atoms with van der Waals surface area (Å²) < 4.78 is 5.77. The molecule has 10 nitrogen and oxygen atoms in total. The normalized spacial score (nSPS) is 16.8. The Morgan fingerprint density at radius 1 is 1.00 bits per heavy atom. The Hall–Kier alpha value is -5.12. The number of aromatic hydroxyl groups is 1. The number of aliphatic hydroxyl groups excluding tert-OH is 1. The quantitative estimate of drug-likeness (QED) is 0.160. The number of rotatable bonds is 6. The number of amides is 1. The lowest BCUT2D eigenvalue weighted by Crippen LogP contribution is -2.30.